The summed E-state index contributed by atoms with van der Waals surface area (Å²) in [6.45, 7) is 82.8. The maximum atomic E-state index is 4.81. The van der Waals surface area contributed by atoms with E-state index in [1.165, 1.54) is 0 Å². The second kappa shape index (κ2) is 47.7. The molecule has 0 spiro atoms. The third-order valence-electron chi connectivity index (χ3n) is 4.80. The normalized spacial score (nSPS) is 7.65. The number of hydrogen-bond acceptors (Lipinski definition) is 1. The van der Waals surface area contributed by atoms with Crippen molar-refractivity contribution in [3.05, 3.63) is 0 Å². The van der Waals surface area contributed by atoms with Gasteiger partial charge in [0.25, 0.3) is 0 Å². The van der Waals surface area contributed by atoms with E-state index in [2.05, 4.69) is 7.37 Å². The van der Waals surface area contributed by atoms with Gasteiger partial charge in [0, 0.05) is 0 Å². The van der Waals surface area contributed by atoms with Crippen LogP contribution in [0, 0.1) is 0 Å². The predicted octanol–water partition coefficient (Wildman–Crippen LogP) is -16.9. The van der Waals surface area contributed by atoms with Crippen LogP contribution in [-0.2, 0) is 4.65 Å². The monoisotopic (exact) mass is 516 g/mol. The van der Waals surface area contributed by atoms with Crippen LogP contribution in [0.5, 0.6) is 0 Å². The summed E-state index contributed by atoms with van der Waals surface area (Å²) in [7, 11) is 6.87. The van der Waals surface area contributed by atoms with Gasteiger partial charge in [-0.05, 0) is 0 Å². The van der Waals surface area contributed by atoms with Crippen molar-refractivity contribution in [2.24, 2.45) is 0 Å². The summed E-state index contributed by atoms with van der Waals surface area (Å²) in [4.78, 5) is 0. The molecule has 0 radical (unpaired) electrons. The Morgan fingerprint density at radius 1 is 0.217 bits per heavy atom. The average molecular weight is 508 g/mol. The van der Waals surface area contributed by atoms with Crippen LogP contribution in [-0.4, -0.2) is 303 Å². The molecule has 0 aromatic carbocycles. The van der Waals surface area contributed by atoms with Crippen LogP contribution in [0.25, 0.3) is 0 Å². The van der Waals surface area contributed by atoms with E-state index in [1.807, 2.05) is 274 Å². The van der Waals surface area contributed by atoms with Gasteiger partial charge in [0.05, 0.1) is 0 Å². The van der Waals surface area contributed by atoms with E-state index in [0.29, 0.717) is 0 Å². The first kappa shape index (κ1) is 48.7. The van der Waals surface area contributed by atoms with E-state index in [1.54, 1.807) is 20.8 Å². The topological polar surface area (TPSA) is 9.23 Å². The van der Waals surface area contributed by atoms with E-state index < -0.39 is 0 Å². The standard InChI is InChI=1S/CH4B44O/c1-46-45-44-43-42-41-40-39-38-37-36-35-34-33-32-31-30-29-28-27-26-25-24-23-22-21-20-19-18-17-16-15-14-13-12-11-10-9-8-7-6-5-4-3-2/h2H,1H3. The van der Waals surface area contributed by atoms with Crippen molar-refractivity contribution >= 4 is 295 Å². The molecule has 0 aliphatic rings. The Morgan fingerprint density at radius 3 is 0.478 bits per heavy atom. The second-order valence-corrected chi connectivity index (χ2v) is 8.50. The molecule has 0 N–H and O–H groups in total. The Labute approximate surface area is 305 Å². The van der Waals surface area contributed by atoms with Crippen molar-refractivity contribution in [3.8, 4) is 0 Å². The maximum absolute atomic E-state index is 4.81. The second-order valence-electron chi connectivity index (χ2n) is 8.50. The summed E-state index contributed by atoms with van der Waals surface area (Å²) in [6.07, 6.45) is 0. The molecular formula is CH4B44O. The molecule has 0 aromatic rings. The van der Waals surface area contributed by atoms with Crippen molar-refractivity contribution in [2.45, 2.75) is 0 Å². The fourth-order valence-corrected chi connectivity index (χ4v) is 2.70. The number of rotatable bonds is 22. The minimum atomic E-state index is 1.62. The summed E-state index contributed by atoms with van der Waals surface area (Å²) in [5.74, 6) is 0. The third kappa shape index (κ3) is 46.7. The van der Waals surface area contributed by atoms with Crippen LogP contribution in [0.3, 0.4) is 0 Å². The molecule has 0 unspecified atom stereocenters. The van der Waals surface area contributed by atoms with Crippen LogP contribution in [0.1, 0.15) is 0 Å². The first-order valence-corrected chi connectivity index (χ1v) is 15.1. The first-order valence-electron chi connectivity index (χ1n) is 15.1. The summed E-state index contributed by atoms with van der Waals surface area (Å²) >= 11 is 0. The van der Waals surface area contributed by atoms with Crippen molar-refractivity contribution in [1.29, 1.82) is 0 Å². The molecule has 46 heavy (non-hydrogen) atoms. The molecule has 0 bridgehead atoms. The average Bonchev–Trinajstić information content (AvgIpc) is 3.07. The zero-order chi connectivity index (χ0) is 33.1. The van der Waals surface area contributed by atoms with Crippen LogP contribution < -0.4 is 0 Å². The summed E-state index contributed by atoms with van der Waals surface area (Å²) in [5, 5.41) is 0. The van der Waals surface area contributed by atoms with Gasteiger partial charge in [0.1, 0.15) is 0 Å². The van der Waals surface area contributed by atoms with Gasteiger partial charge < -0.3 is 0 Å². The minimum absolute atomic E-state index is 1.62. The van der Waals surface area contributed by atoms with E-state index in [9.17, 15) is 0 Å². The predicted molar refractivity (Wildman–Crippen MR) is 262 cm³/mol. The van der Waals surface area contributed by atoms with Gasteiger partial charge in [-0.25, -0.2) is 0 Å². The Kier molecular flexibility index (Phi) is 50.4. The molecule has 0 atom stereocenters. The van der Waals surface area contributed by atoms with E-state index in [4.69, 9.17) is 4.65 Å². The molecule has 146 valence electrons. The molecule has 0 aliphatic heterocycles. The van der Waals surface area contributed by atoms with Crippen LogP contribution in [0.4, 0.5) is 0 Å². The molecule has 0 saturated carbocycles. The van der Waals surface area contributed by atoms with Gasteiger partial charge in [0.15, 0.2) is 0 Å². The summed E-state index contributed by atoms with van der Waals surface area (Å²) < 4.78 is 4.81. The molecule has 0 aromatic heterocycles. The Balaban J connectivity index is 4.04. The third-order valence-corrected chi connectivity index (χ3v) is 4.80. The molecule has 0 saturated heterocycles. The van der Waals surface area contributed by atoms with E-state index in [-0.39, 0.29) is 0 Å². The Bertz CT molecular complexity index is 1400. The number of hydrogen-bond donors (Lipinski definition) is 0. The van der Waals surface area contributed by atoms with Crippen molar-refractivity contribution < 1.29 is 4.65 Å². The van der Waals surface area contributed by atoms with Crippen LogP contribution >= 0.6 is 0 Å². The molecule has 0 fully saturated rings. The molecule has 0 heterocycles. The van der Waals surface area contributed by atoms with Gasteiger partial charge in [-0.2, -0.15) is 0 Å². The summed E-state index contributed by atoms with van der Waals surface area (Å²) in [6, 6.07) is 0. The zero-order valence-corrected chi connectivity index (χ0v) is 26.9. The van der Waals surface area contributed by atoms with Crippen LogP contribution in [0.15, 0.2) is 0 Å². The fraction of sp³-hybridized carbons (Fsp3) is 1.00. The molecule has 1 nitrogen and oxygen atoms in total. The van der Waals surface area contributed by atoms with Gasteiger partial charge in [0.2, 0.25) is 0 Å². The summed E-state index contributed by atoms with van der Waals surface area (Å²) in [5.41, 5.74) is 0. The van der Waals surface area contributed by atoms with Crippen molar-refractivity contribution in [1.82, 2.24) is 0 Å². The zero-order valence-electron chi connectivity index (χ0n) is 26.9. The van der Waals surface area contributed by atoms with Gasteiger partial charge in [-0.15, -0.1) is 0 Å². The van der Waals surface area contributed by atoms with Gasteiger partial charge in [-0.1, -0.05) is 0 Å². The molecule has 0 rings (SSSR count). The van der Waals surface area contributed by atoms with Crippen molar-refractivity contribution in [3.63, 3.8) is 0 Å². The quantitative estimate of drug-likeness (QED) is 0.132. The van der Waals surface area contributed by atoms with E-state index in [0.717, 1.165) is 0 Å². The Hall–Kier alpha value is 2.66. The van der Waals surface area contributed by atoms with E-state index >= 15 is 0 Å². The molecule has 45 heteroatoms. The van der Waals surface area contributed by atoms with Gasteiger partial charge in [-0.3, -0.25) is 0 Å². The SMILES string of the molecule is B=BB=BB=BB=BB=BB=BB=BB=BB=BB=BB=BB=BB=BB=BB=BB=BB=BB=BB=BB=BB=BB=BOC. The van der Waals surface area contributed by atoms with Crippen LogP contribution in [0.2, 0.25) is 0 Å². The Morgan fingerprint density at radius 2 is 0.348 bits per heavy atom. The molecular weight excluding hydrogens is 504 g/mol. The molecule has 0 aliphatic carbocycles. The van der Waals surface area contributed by atoms with Crippen molar-refractivity contribution in [2.75, 3.05) is 7.11 Å². The fourth-order valence-electron chi connectivity index (χ4n) is 2.70. The molecule has 0 amide bonds. The van der Waals surface area contributed by atoms with Gasteiger partial charge >= 0.3 is 307 Å². The first-order chi connectivity index (χ1) is 22.9.